The minimum Gasteiger partial charge on any atom is -0.462 e. The second kappa shape index (κ2) is 60.9. The van der Waals surface area contributed by atoms with Crippen molar-refractivity contribution >= 4 is 11.9 Å². The van der Waals surface area contributed by atoms with E-state index in [-0.39, 0.29) is 25.2 Å². The number of esters is 2. The lowest BCUT2D eigenvalue weighted by atomic mass is 10.1. The van der Waals surface area contributed by atoms with Crippen molar-refractivity contribution in [3.8, 4) is 0 Å². The van der Waals surface area contributed by atoms with Crippen LogP contribution >= 0.6 is 0 Å². The lowest BCUT2D eigenvalue weighted by molar-refractivity contribution is -0.163. The molecule has 408 valence electrons. The van der Waals surface area contributed by atoms with E-state index in [1.807, 2.05) is 0 Å². The molecule has 0 spiro atoms. The van der Waals surface area contributed by atoms with Gasteiger partial charge in [-0.15, -0.1) is 0 Å². The highest BCUT2D eigenvalue weighted by molar-refractivity contribution is 5.70. The summed E-state index contributed by atoms with van der Waals surface area (Å²) in [6.07, 6.45) is 78.2. The lowest BCUT2D eigenvalue weighted by Gasteiger charge is -2.18. The summed E-state index contributed by atoms with van der Waals surface area (Å²) in [4.78, 5) is 25.6. The maximum absolute atomic E-state index is 12.9. The second-order valence-electron chi connectivity index (χ2n) is 20.6. The minimum absolute atomic E-state index is 0.0780. The van der Waals surface area contributed by atoms with Crippen LogP contribution in [0.4, 0.5) is 0 Å². The average molecular weight is 980 g/mol. The Hall–Kier alpha value is -2.40. The topological polar surface area (TPSA) is 61.8 Å². The van der Waals surface area contributed by atoms with E-state index < -0.39 is 6.10 Å². The first-order chi connectivity index (χ1) is 34.6. The molecule has 0 aromatic carbocycles. The van der Waals surface area contributed by atoms with E-state index in [1.165, 1.54) is 218 Å². The third kappa shape index (κ3) is 58.2. The van der Waals surface area contributed by atoms with E-state index in [1.54, 1.807) is 0 Å². The van der Waals surface area contributed by atoms with Crippen LogP contribution in [-0.2, 0) is 23.8 Å². The molecule has 0 saturated carbocycles. The standard InChI is InChI=1S/C65H118O5/c1-4-7-10-13-16-19-22-25-28-30-32-34-36-39-42-45-48-51-54-57-60-68-61-63(70-65(67)59-56-53-50-47-44-41-37-27-24-21-18-15-12-9-6-3)62-69-64(66)58-55-52-49-46-43-40-38-35-33-31-29-26-23-20-17-14-11-8-5-2/h17-18,20-21,25-29,37,63H,4-16,19,22-24,30-36,38-62H2,1-3H3/b20-17-,21-18-,28-25-,29-26-,37-27-. The number of allylic oxidation sites excluding steroid dienone is 10. The number of rotatable bonds is 57. The average Bonchev–Trinajstić information content (AvgIpc) is 3.36. The van der Waals surface area contributed by atoms with E-state index in [0.29, 0.717) is 19.4 Å². The Labute approximate surface area is 436 Å². The van der Waals surface area contributed by atoms with Crippen LogP contribution in [0.2, 0.25) is 0 Å². The number of carbonyl (C=O) groups is 2. The van der Waals surface area contributed by atoms with Gasteiger partial charge in [-0.25, -0.2) is 0 Å². The fourth-order valence-electron chi connectivity index (χ4n) is 8.86. The van der Waals surface area contributed by atoms with Crippen molar-refractivity contribution in [2.75, 3.05) is 19.8 Å². The Morgan fingerprint density at radius 3 is 0.986 bits per heavy atom. The molecule has 0 aromatic heterocycles. The summed E-state index contributed by atoms with van der Waals surface area (Å²) >= 11 is 0. The van der Waals surface area contributed by atoms with Crippen molar-refractivity contribution in [1.82, 2.24) is 0 Å². The van der Waals surface area contributed by atoms with E-state index in [4.69, 9.17) is 14.2 Å². The quantitative estimate of drug-likeness (QED) is 0.0345. The van der Waals surface area contributed by atoms with Gasteiger partial charge in [0, 0.05) is 19.4 Å². The molecule has 0 bridgehead atoms. The Kier molecular flexibility index (Phi) is 58.8. The summed E-state index contributed by atoms with van der Waals surface area (Å²) in [5.41, 5.74) is 0. The number of carbonyl (C=O) groups excluding carboxylic acids is 2. The molecular formula is C65H118O5. The van der Waals surface area contributed by atoms with Crippen LogP contribution in [0.1, 0.15) is 316 Å². The summed E-state index contributed by atoms with van der Waals surface area (Å²) < 4.78 is 17.5. The molecule has 0 radical (unpaired) electrons. The first-order valence-corrected chi connectivity index (χ1v) is 30.8. The lowest BCUT2D eigenvalue weighted by Crippen LogP contribution is -2.30. The predicted molar refractivity (Wildman–Crippen MR) is 307 cm³/mol. The van der Waals surface area contributed by atoms with Crippen LogP contribution in [0.3, 0.4) is 0 Å². The molecule has 0 N–H and O–H groups in total. The van der Waals surface area contributed by atoms with E-state index >= 15 is 0 Å². The molecule has 0 aliphatic carbocycles. The number of ether oxygens (including phenoxy) is 3. The zero-order chi connectivity index (χ0) is 50.6. The van der Waals surface area contributed by atoms with Crippen LogP contribution in [0.5, 0.6) is 0 Å². The van der Waals surface area contributed by atoms with Gasteiger partial charge in [0.25, 0.3) is 0 Å². The summed E-state index contributed by atoms with van der Waals surface area (Å²) in [6.45, 7) is 7.80. The van der Waals surface area contributed by atoms with Gasteiger partial charge in [-0.05, 0) is 109 Å². The monoisotopic (exact) mass is 979 g/mol. The van der Waals surface area contributed by atoms with Gasteiger partial charge in [0.05, 0.1) is 6.61 Å². The van der Waals surface area contributed by atoms with E-state index in [2.05, 4.69) is 81.5 Å². The highest BCUT2D eigenvalue weighted by Crippen LogP contribution is 2.16. The van der Waals surface area contributed by atoms with Crippen molar-refractivity contribution in [2.24, 2.45) is 0 Å². The van der Waals surface area contributed by atoms with Crippen LogP contribution in [0.25, 0.3) is 0 Å². The Bertz CT molecular complexity index is 1200. The molecule has 0 saturated heterocycles. The molecule has 0 aromatic rings. The molecular weight excluding hydrogens is 861 g/mol. The number of hydrogen-bond donors (Lipinski definition) is 0. The van der Waals surface area contributed by atoms with Gasteiger partial charge < -0.3 is 14.2 Å². The van der Waals surface area contributed by atoms with Gasteiger partial charge in [0.2, 0.25) is 0 Å². The Balaban J connectivity index is 4.26. The third-order valence-corrected chi connectivity index (χ3v) is 13.5. The number of unbranched alkanes of at least 4 members (excludes halogenated alkanes) is 36. The molecule has 0 aliphatic rings. The van der Waals surface area contributed by atoms with Crippen molar-refractivity contribution < 1.29 is 23.8 Å². The molecule has 1 unspecified atom stereocenters. The second-order valence-corrected chi connectivity index (χ2v) is 20.6. The van der Waals surface area contributed by atoms with Crippen LogP contribution in [-0.4, -0.2) is 37.9 Å². The van der Waals surface area contributed by atoms with Crippen molar-refractivity contribution in [1.29, 1.82) is 0 Å². The zero-order valence-electron chi connectivity index (χ0n) is 47.0. The predicted octanol–water partition coefficient (Wildman–Crippen LogP) is 21.2. The van der Waals surface area contributed by atoms with Crippen molar-refractivity contribution in [2.45, 2.75) is 322 Å². The smallest absolute Gasteiger partial charge is 0.306 e. The van der Waals surface area contributed by atoms with Gasteiger partial charge >= 0.3 is 11.9 Å². The molecule has 1 atom stereocenters. The molecule has 0 aliphatic heterocycles. The minimum atomic E-state index is -0.547. The van der Waals surface area contributed by atoms with Gasteiger partial charge in [-0.3, -0.25) is 9.59 Å². The Morgan fingerprint density at radius 1 is 0.314 bits per heavy atom. The van der Waals surface area contributed by atoms with Gasteiger partial charge in [0.1, 0.15) is 6.61 Å². The van der Waals surface area contributed by atoms with Crippen LogP contribution in [0, 0.1) is 0 Å². The molecule has 5 heteroatoms. The number of hydrogen-bond acceptors (Lipinski definition) is 5. The normalized spacial score (nSPS) is 12.6. The first-order valence-electron chi connectivity index (χ1n) is 30.8. The largest absolute Gasteiger partial charge is 0.462 e. The highest BCUT2D eigenvalue weighted by Gasteiger charge is 2.17. The van der Waals surface area contributed by atoms with Crippen LogP contribution in [0.15, 0.2) is 60.8 Å². The fourth-order valence-corrected chi connectivity index (χ4v) is 8.86. The maximum atomic E-state index is 12.9. The van der Waals surface area contributed by atoms with Gasteiger partial charge in [0.15, 0.2) is 6.10 Å². The summed E-state index contributed by atoms with van der Waals surface area (Å²) in [5, 5.41) is 0. The Morgan fingerprint density at radius 2 is 0.600 bits per heavy atom. The summed E-state index contributed by atoms with van der Waals surface area (Å²) in [7, 11) is 0. The van der Waals surface area contributed by atoms with E-state index in [9.17, 15) is 9.59 Å². The van der Waals surface area contributed by atoms with Gasteiger partial charge in [-0.2, -0.15) is 0 Å². The zero-order valence-corrected chi connectivity index (χ0v) is 47.0. The maximum Gasteiger partial charge on any atom is 0.306 e. The summed E-state index contributed by atoms with van der Waals surface area (Å²) in [5.74, 6) is -0.405. The highest BCUT2D eigenvalue weighted by atomic mass is 16.6. The molecule has 5 nitrogen and oxygen atoms in total. The van der Waals surface area contributed by atoms with Crippen molar-refractivity contribution in [3.05, 3.63) is 60.8 Å². The fraction of sp³-hybridized carbons (Fsp3) is 0.815. The third-order valence-electron chi connectivity index (χ3n) is 13.5. The van der Waals surface area contributed by atoms with E-state index in [0.717, 1.165) is 64.2 Å². The SMILES string of the molecule is CCCCC/C=C\C/C=C\CCCCCCCCCCCC(=O)OCC(COCCCCCCCCCCCC/C=C\CCCCCCCC)OC(=O)CCCCCCC/C=C\C/C=C\CCCCC. The van der Waals surface area contributed by atoms with Crippen LogP contribution < -0.4 is 0 Å². The van der Waals surface area contributed by atoms with Gasteiger partial charge in [-0.1, -0.05) is 255 Å². The molecule has 0 rings (SSSR count). The summed E-state index contributed by atoms with van der Waals surface area (Å²) in [6, 6.07) is 0. The molecule has 0 amide bonds. The first kappa shape index (κ1) is 67.6. The van der Waals surface area contributed by atoms with Crippen molar-refractivity contribution in [3.63, 3.8) is 0 Å². The molecule has 0 fully saturated rings. The molecule has 70 heavy (non-hydrogen) atoms. The molecule has 0 heterocycles.